The van der Waals surface area contributed by atoms with Crippen molar-refractivity contribution in [2.24, 2.45) is 40.7 Å². The summed E-state index contributed by atoms with van der Waals surface area (Å²) >= 11 is 0. The topological polar surface area (TPSA) is 540 Å². The van der Waals surface area contributed by atoms with Crippen LogP contribution >= 0.6 is 0 Å². The van der Waals surface area contributed by atoms with Crippen LogP contribution in [0.3, 0.4) is 0 Å². The summed E-state index contributed by atoms with van der Waals surface area (Å²) in [5.41, 5.74) is 24.0. The quantitative estimate of drug-likeness (QED) is 0.0265. The Morgan fingerprint density at radius 1 is 0.469 bits per heavy atom. The number of primary amides is 3. The first-order chi connectivity index (χ1) is 46.3. The molecule has 32 heteroatoms. The molecule has 0 saturated carbocycles. The van der Waals surface area contributed by atoms with Crippen molar-refractivity contribution >= 4 is 93.7 Å². The maximum Gasteiger partial charge on any atom is 0.326 e. The van der Waals surface area contributed by atoms with E-state index >= 15 is 0 Å². The standard InChI is InChI=1S/C66H101N15O17/c1-8-36(5)19-13-14-22-41(83)29-53(87)73-47(30-50(68)84)63(94)79-55(35(3)4)65(96)78-45(27-39-20-11-10-12-21-39)59(90)76-49(32-52(70)86)61(92)77-48(31-51(69)85)60(91)75-44(25-17-18-26-67)58(89)81-57(38(7)82)64(95)72-34-54(88)74-46(62(93)80-56(66(97)98)37(6)9-2)28-40-33-71-43-24-16-15-23-42(40)43/h10-12,15-16,20-21,23-24,33,35-38,41,44-49,55-57,71,82-83H,8-9,13-14,17-19,22,25-32,34,67H2,1-7H3,(H2,68,84)(H2,69,85)(H2,70,86)(H,72,95)(H,73,87)(H,74,88)(H,75,91)(H,76,90)(H,77,92)(H,78,96)(H,79,94)(H,80,93)(H,81,89)(H,97,98)/t36?,37-,38+,41?,44-,45+,46+,47+,48+,49-,55+,56+,57+/m0/s1. The fraction of sp³-hybridized carbons (Fsp3) is 0.576. The van der Waals surface area contributed by atoms with Gasteiger partial charge < -0.3 is 96.4 Å². The number of carboxylic acid groups (broad SMARTS) is 1. The van der Waals surface area contributed by atoms with E-state index in [0.29, 0.717) is 48.1 Å². The van der Waals surface area contributed by atoms with Gasteiger partial charge in [-0.3, -0.25) is 62.3 Å². The number of aliphatic carboxylic acids is 1. The van der Waals surface area contributed by atoms with Crippen LogP contribution in [0.25, 0.3) is 10.9 Å². The van der Waals surface area contributed by atoms with Gasteiger partial charge in [-0.15, -0.1) is 0 Å². The third kappa shape index (κ3) is 29.0. The van der Waals surface area contributed by atoms with E-state index in [-0.39, 0.29) is 32.2 Å². The molecule has 1 heterocycles. The zero-order valence-electron chi connectivity index (χ0n) is 56.7. The van der Waals surface area contributed by atoms with E-state index in [1.165, 1.54) is 0 Å². The Hall–Kier alpha value is -9.56. The number of nitrogens with two attached hydrogens (primary N) is 4. The molecular weight excluding hydrogens is 1270 g/mol. The summed E-state index contributed by atoms with van der Waals surface area (Å²) in [5, 5.41) is 56.2. The Morgan fingerprint density at radius 3 is 1.49 bits per heavy atom. The molecule has 98 heavy (non-hydrogen) atoms. The predicted octanol–water partition coefficient (Wildman–Crippen LogP) is -2.29. The minimum Gasteiger partial charge on any atom is -0.480 e. The Bertz CT molecular complexity index is 3200. The number of fused-ring (bicyclic) bond motifs is 1. The number of rotatable bonds is 46. The number of aliphatic hydroxyl groups excluding tert-OH is 2. The molecule has 0 aliphatic rings. The van der Waals surface area contributed by atoms with Crippen molar-refractivity contribution < 1.29 is 82.4 Å². The molecule has 32 nitrogen and oxygen atoms in total. The molecule has 0 radical (unpaired) electrons. The zero-order chi connectivity index (χ0) is 73.3. The van der Waals surface area contributed by atoms with Crippen molar-refractivity contribution in [1.29, 1.82) is 0 Å². The normalized spacial score (nSPS) is 15.2. The average molecular weight is 1380 g/mol. The number of hydrogen-bond acceptors (Lipinski definition) is 17. The lowest BCUT2D eigenvalue weighted by Crippen LogP contribution is -2.62. The molecule has 3 aromatic rings. The van der Waals surface area contributed by atoms with Crippen molar-refractivity contribution in [1.82, 2.24) is 58.2 Å². The van der Waals surface area contributed by atoms with Gasteiger partial charge in [0.1, 0.15) is 54.4 Å². The third-order valence-electron chi connectivity index (χ3n) is 16.5. The van der Waals surface area contributed by atoms with Gasteiger partial charge >= 0.3 is 5.97 Å². The maximum absolute atomic E-state index is 14.4. The molecule has 542 valence electrons. The summed E-state index contributed by atoms with van der Waals surface area (Å²) in [6.45, 7) is 11.1. The summed E-state index contributed by atoms with van der Waals surface area (Å²) in [6.07, 6.45) is -0.116. The molecule has 0 fully saturated rings. The molecule has 2 aromatic carbocycles. The first-order valence-electron chi connectivity index (χ1n) is 33.0. The van der Waals surface area contributed by atoms with Gasteiger partial charge in [0.05, 0.1) is 44.4 Å². The van der Waals surface area contributed by atoms with Gasteiger partial charge in [-0.2, -0.15) is 0 Å². The Labute approximate surface area is 569 Å². The largest absolute Gasteiger partial charge is 0.480 e. The second-order valence-electron chi connectivity index (χ2n) is 25.1. The Kier molecular flexibility index (Phi) is 35.6. The summed E-state index contributed by atoms with van der Waals surface area (Å²) in [7, 11) is 0. The lowest BCUT2D eigenvalue weighted by molar-refractivity contribution is -0.143. The van der Waals surface area contributed by atoms with Gasteiger partial charge in [0.2, 0.25) is 76.8 Å². The predicted molar refractivity (Wildman–Crippen MR) is 359 cm³/mol. The van der Waals surface area contributed by atoms with Gasteiger partial charge in [0.15, 0.2) is 0 Å². The van der Waals surface area contributed by atoms with Crippen LogP contribution in [0.2, 0.25) is 0 Å². The number of aromatic amines is 1. The van der Waals surface area contributed by atoms with Crippen LogP contribution in [0.1, 0.15) is 143 Å². The van der Waals surface area contributed by atoms with Crippen LogP contribution < -0.4 is 76.1 Å². The van der Waals surface area contributed by atoms with Gasteiger partial charge in [0.25, 0.3) is 0 Å². The summed E-state index contributed by atoms with van der Waals surface area (Å²) in [4.78, 5) is 192. The van der Waals surface area contributed by atoms with Gasteiger partial charge in [0, 0.05) is 29.9 Å². The third-order valence-corrected chi connectivity index (χ3v) is 16.5. The highest BCUT2D eigenvalue weighted by Gasteiger charge is 2.38. The zero-order valence-corrected chi connectivity index (χ0v) is 56.7. The number of carbonyl (C=O) groups is 14. The van der Waals surface area contributed by atoms with Gasteiger partial charge in [-0.05, 0) is 74.1 Å². The molecule has 2 unspecified atom stereocenters. The van der Waals surface area contributed by atoms with Crippen LogP contribution in [0.15, 0.2) is 60.8 Å². The number of aliphatic hydroxyl groups is 2. The average Bonchev–Trinajstić information content (AvgIpc) is 1.62. The van der Waals surface area contributed by atoms with Gasteiger partial charge in [-0.1, -0.05) is 122 Å². The number of benzene rings is 2. The summed E-state index contributed by atoms with van der Waals surface area (Å²) in [5.74, 6) is -15.7. The van der Waals surface area contributed by atoms with Crippen molar-refractivity contribution in [3.05, 3.63) is 71.9 Å². The molecule has 0 aliphatic heterocycles. The number of carbonyl (C=O) groups excluding carboxylic acids is 13. The Morgan fingerprint density at radius 2 is 0.939 bits per heavy atom. The number of unbranched alkanes of at least 4 members (excludes halogenated alkanes) is 2. The van der Waals surface area contributed by atoms with Crippen LogP contribution in [0, 0.1) is 17.8 Å². The lowest BCUT2D eigenvalue weighted by atomic mass is 9.98. The van der Waals surface area contributed by atoms with E-state index in [1.54, 1.807) is 88.5 Å². The van der Waals surface area contributed by atoms with E-state index in [4.69, 9.17) is 22.9 Å². The minimum atomic E-state index is -1.95. The highest BCUT2D eigenvalue weighted by molar-refractivity contribution is 6.01. The number of para-hydroxylation sites is 1. The molecule has 1 aromatic heterocycles. The van der Waals surface area contributed by atoms with E-state index in [2.05, 4.69) is 72.0 Å². The van der Waals surface area contributed by atoms with Crippen molar-refractivity contribution in [3.8, 4) is 0 Å². The number of amides is 13. The first-order valence-corrected chi connectivity index (χ1v) is 33.0. The molecular formula is C66H101N15O17. The fourth-order valence-corrected chi connectivity index (χ4v) is 10.4. The SMILES string of the molecule is CCC(C)CCCCC(O)CC(=O)N[C@H](CC(N)=O)C(=O)N[C@@H](C(=O)N[C@H](Cc1ccccc1)C(=O)N[C@@H](CC(N)=O)C(=O)N[C@H](CC(N)=O)C(=O)N[C@@H](CCCCN)C(=O)N[C@@H](C(=O)NCC(=O)N[C@H](Cc1c[nH]c2ccccc12)C(=O)N[C@@H](C(=O)O)[C@@H](C)CC)[C@@H](C)O)C(C)C. The van der Waals surface area contributed by atoms with Crippen molar-refractivity contribution in [3.63, 3.8) is 0 Å². The molecule has 0 bridgehead atoms. The van der Waals surface area contributed by atoms with Crippen LogP contribution in [0.5, 0.6) is 0 Å². The molecule has 0 aliphatic carbocycles. The van der Waals surface area contributed by atoms with E-state index < -0.39 is 193 Å². The second kappa shape index (κ2) is 42.2. The summed E-state index contributed by atoms with van der Waals surface area (Å²) in [6, 6.07) is 0.551. The first kappa shape index (κ1) is 82.7. The minimum absolute atomic E-state index is 0.120. The second-order valence-corrected chi connectivity index (χ2v) is 25.1. The van der Waals surface area contributed by atoms with E-state index in [0.717, 1.165) is 31.7 Å². The highest BCUT2D eigenvalue weighted by atomic mass is 16.4. The van der Waals surface area contributed by atoms with Crippen molar-refractivity contribution in [2.75, 3.05) is 13.1 Å². The summed E-state index contributed by atoms with van der Waals surface area (Å²) < 4.78 is 0. The number of nitrogens with one attached hydrogen (secondary N) is 11. The molecule has 13 atom stereocenters. The number of aromatic nitrogens is 1. The molecule has 0 saturated heterocycles. The Balaban J connectivity index is 1.85. The fourth-order valence-electron chi connectivity index (χ4n) is 10.4. The van der Waals surface area contributed by atoms with Crippen LogP contribution in [0.4, 0.5) is 0 Å². The monoisotopic (exact) mass is 1380 g/mol. The number of hydrogen-bond donors (Lipinski definition) is 18. The molecule has 3 rings (SSSR count). The van der Waals surface area contributed by atoms with E-state index in [1.807, 2.05) is 0 Å². The van der Waals surface area contributed by atoms with Gasteiger partial charge in [-0.25, -0.2) is 4.79 Å². The highest BCUT2D eigenvalue weighted by Crippen LogP contribution is 2.21. The molecule has 0 spiro atoms. The maximum atomic E-state index is 14.4. The number of H-pyrrole nitrogens is 1. The van der Waals surface area contributed by atoms with Crippen LogP contribution in [-0.2, 0) is 80.0 Å². The molecule has 13 amide bonds. The van der Waals surface area contributed by atoms with Crippen molar-refractivity contribution in [2.45, 2.75) is 211 Å². The van der Waals surface area contributed by atoms with E-state index in [9.17, 15) is 82.4 Å². The number of carboxylic acids is 1. The smallest absolute Gasteiger partial charge is 0.326 e. The van der Waals surface area contributed by atoms with Crippen LogP contribution in [-0.4, -0.2) is 183 Å². The molecule has 22 N–H and O–H groups in total. The lowest BCUT2D eigenvalue weighted by Gasteiger charge is -2.28.